The summed E-state index contributed by atoms with van der Waals surface area (Å²) in [4.78, 5) is 21.2. The van der Waals surface area contributed by atoms with Gasteiger partial charge in [0.1, 0.15) is 0 Å². The van der Waals surface area contributed by atoms with Crippen molar-refractivity contribution in [3.05, 3.63) is 22.2 Å². The quantitative estimate of drug-likeness (QED) is 0.507. The van der Waals surface area contributed by atoms with Gasteiger partial charge in [0.05, 0.1) is 7.11 Å². The van der Waals surface area contributed by atoms with Gasteiger partial charge < -0.3 is 9.63 Å². The fourth-order valence-electron chi connectivity index (χ4n) is 1.58. The summed E-state index contributed by atoms with van der Waals surface area (Å²) in [5, 5.41) is 20.9. The molecule has 0 amide bonds. The number of aromatic nitrogens is 3. The summed E-state index contributed by atoms with van der Waals surface area (Å²) in [6.07, 6.45) is -0.468. The summed E-state index contributed by atoms with van der Waals surface area (Å²) in [7, 11) is 4.40. The van der Waals surface area contributed by atoms with Crippen LogP contribution < -0.4 is 5.56 Å². The molecular formula is C11H15N5O5. The Morgan fingerprint density at radius 3 is 2.67 bits per heavy atom. The highest BCUT2D eigenvalue weighted by Gasteiger charge is 2.16. The van der Waals surface area contributed by atoms with E-state index in [2.05, 4.69) is 20.3 Å². The van der Waals surface area contributed by atoms with Gasteiger partial charge in [0.2, 0.25) is 17.4 Å². The van der Waals surface area contributed by atoms with E-state index in [0.717, 1.165) is 0 Å². The van der Waals surface area contributed by atoms with Crippen molar-refractivity contribution in [3.8, 4) is 5.88 Å². The van der Waals surface area contributed by atoms with Crippen LogP contribution in [0.3, 0.4) is 0 Å². The molecule has 0 saturated carbocycles. The lowest BCUT2D eigenvalue weighted by molar-refractivity contribution is -0.307. The van der Waals surface area contributed by atoms with Gasteiger partial charge in [0.15, 0.2) is 11.9 Å². The Labute approximate surface area is 119 Å². The Kier molecular flexibility index (Phi) is 4.19. The zero-order valence-electron chi connectivity index (χ0n) is 12.0. The van der Waals surface area contributed by atoms with E-state index in [1.54, 1.807) is 6.92 Å². The topological polar surface area (TPSA) is 116 Å². The number of hydrogen-bond donors (Lipinski definition) is 1. The Morgan fingerprint density at radius 2 is 2.10 bits per heavy atom. The van der Waals surface area contributed by atoms with Crippen LogP contribution in [0, 0.1) is 0 Å². The van der Waals surface area contributed by atoms with Crippen molar-refractivity contribution in [2.45, 2.75) is 13.0 Å². The highest BCUT2D eigenvalue weighted by molar-refractivity contribution is 5.45. The van der Waals surface area contributed by atoms with Gasteiger partial charge in [-0.1, -0.05) is 5.16 Å². The number of nitrogens with zero attached hydrogens (tertiary/aromatic N) is 5. The predicted molar refractivity (Wildman–Crippen MR) is 69.5 cm³/mol. The van der Waals surface area contributed by atoms with Gasteiger partial charge in [0.25, 0.3) is 5.56 Å². The lowest BCUT2D eigenvalue weighted by atomic mass is 10.3. The van der Waals surface area contributed by atoms with Crippen LogP contribution in [-0.4, -0.2) is 26.7 Å². The maximum Gasteiger partial charge on any atom is 0.298 e. The van der Waals surface area contributed by atoms with Gasteiger partial charge in [-0.15, -0.1) is 10.2 Å². The fourth-order valence-corrected chi connectivity index (χ4v) is 1.58. The second kappa shape index (κ2) is 5.89. The SMILES string of the molecule is COOC(C)c1cc(N=Nc2c(O)n(C)n(C)c2=O)no1. The number of hydrogen-bond acceptors (Lipinski definition) is 8. The average molecular weight is 297 g/mol. The van der Waals surface area contributed by atoms with E-state index in [-0.39, 0.29) is 17.4 Å². The molecule has 2 aromatic heterocycles. The molecule has 21 heavy (non-hydrogen) atoms. The van der Waals surface area contributed by atoms with E-state index in [4.69, 9.17) is 9.41 Å². The summed E-state index contributed by atoms with van der Waals surface area (Å²) in [5.74, 6) is 0.240. The zero-order valence-corrected chi connectivity index (χ0v) is 12.0. The van der Waals surface area contributed by atoms with Crippen LogP contribution in [0.25, 0.3) is 0 Å². The molecule has 10 heteroatoms. The minimum atomic E-state index is -0.474. The van der Waals surface area contributed by atoms with Crippen molar-refractivity contribution < 1.29 is 19.4 Å². The minimum absolute atomic E-state index is 0.141. The third kappa shape index (κ3) is 2.85. The first-order chi connectivity index (χ1) is 9.95. The van der Waals surface area contributed by atoms with Crippen molar-refractivity contribution in [2.24, 2.45) is 24.3 Å². The van der Waals surface area contributed by atoms with E-state index in [1.165, 1.54) is 36.6 Å². The molecule has 0 spiro atoms. The fraction of sp³-hybridized carbons (Fsp3) is 0.455. The first-order valence-corrected chi connectivity index (χ1v) is 5.98. The molecule has 2 rings (SSSR count). The summed E-state index contributed by atoms with van der Waals surface area (Å²) in [5.41, 5.74) is -0.649. The minimum Gasteiger partial charge on any atom is -0.492 e. The van der Waals surface area contributed by atoms with Crippen molar-refractivity contribution in [2.75, 3.05) is 7.11 Å². The second-order valence-electron chi connectivity index (χ2n) is 4.22. The molecule has 2 heterocycles. The van der Waals surface area contributed by atoms with Crippen LogP contribution in [0.5, 0.6) is 5.88 Å². The summed E-state index contributed by atoms with van der Waals surface area (Å²) < 4.78 is 7.45. The molecule has 2 aromatic rings. The van der Waals surface area contributed by atoms with Crippen LogP contribution in [0.4, 0.5) is 11.5 Å². The molecule has 0 aromatic carbocycles. The number of rotatable bonds is 5. The van der Waals surface area contributed by atoms with E-state index in [9.17, 15) is 9.90 Å². The Morgan fingerprint density at radius 1 is 1.38 bits per heavy atom. The largest absolute Gasteiger partial charge is 0.492 e. The smallest absolute Gasteiger partial charge is 0.298 e. The van der Waals surface area contributed by atoms with Crippen molar-refractivity contribution >= 4 is 11.5 Å². The number of aromatic hydroxyl groups is 1. The number of azo groups is 1. The maximum atomic E-state index is 11.8. The Hall–Kier alpha value is -2.46. The van der Waals surface area contributed by atoms with Crippen LogP contribution >= 0.6 is 0 Å². The monoisotopic (exact) mass is 297 g/mol. The van der Waals surface area contributed by atoms with E-state index >= 15 is 0 Å². The third-order valence-corrected chi connectivity index (χ3v) is 2.87. The summed E-state index contributed by atoms with van der Waals surface area (Å²) in [6.45, 7) is 1.70. The Balaban J connectivity index is 2.23. The molecule has 0 radical (unpaired) electrons. The van der Waals surface area contributed by atoms with Crippen LogP contribution in [0.2, 0.25) is 0 Å². The van der Waals surface area contributed by atoms with Gasteiger partial charge in [0, 0.05) is 20.2 Å². The lowest BCUT2D eigenvalue weighted by Gasteiger charge is -2.03. The normalized spacial score (nSPS) is 13.1. The zero-order chi connectivity index (χ0) is 15.6. The molecule has 0 aliphatic heterocycles. The molecule has 1 N–H and O–H groups in total. The standard InChI is InChI=1S/C11H15N5O5/c1-6(21-19-4)7-5-8(14-20-7)12-13-9-10(17)15(2)16(3)11(9)18/h5-6,17H,1-4H3. The maximum absolute atomic E-state index is 11.8. The Bertz CT molecular complexity index is 713. The van der Waals surface area contributed by atoms with E-state index < -0.39 is 11.7 Å². The molecule has 1 unspecified atom stereocenters. The van der Waals surface area contributed by atoms with Gasteiger partial charge >= 0.3 is 0 Å². The lowest BCUT2D eigenvalue weighted by Crippen LogP contribution is -2.16. The molecule has 1 atom stereocenters. The van der Waals surface area contributed by atoms with Crippen molar-refractivity contribution in [1.29, 1.82) is 0 Å². The van der Waals surface area contributed by atoms with E-state index in [1.807, 2.05) is 0 Å². The second-order valence-corrected chi connectivity index (χ2v) is 4.22. The molecule has 0 bridgehead atoms. The summed E-state index contributed by atoms with van der Waals surface area (Å²) >= 11 is 0. The molecule has 0 aliphatic rings. The van der Waals surface area contributed by atoms with Crippen LogP contribution in [-0.2, 0) is 23.9 Å². The van der Waals surface area contributed by atoms with Gasteiger partial charge in [-0.2, -0.15) is 0 Å². The van der Waals surface area contributed by atoms with Crippen molar-refractivity contribution in [1.82, 2.24) is 14.5 Å². The van der Waals surface area contributed by atoms with E-state index in [0.29, 0.717) is 5.76 Å². The highest BCUT2D eigenvalue weighted by atomic mass is 17.2. The van der Waals surface area contributed by atoms with Crippen LogP contribution in [0.1, 0.15) is 18.8 Å². The van der Waals surface area contributed by atoms with Crippen LogP contribution in [0.15, 0.2) is 25.6 Å². The van der Waals surface area contributed by atoms with Gasteiger partial charge in [-0.3, -0.25) is 9.48 Å². The molecular weight excluding hydrogens is 282 g/mol. The third-order valence-electron chi connectivity index (χ3n) is 2.87. The summed E-state index contributed by atoms with van der Waals surface area (Å²) in [6, 6.07) is 1.48. The predicted octanol–water partition coefficient (Wildman–Crippen LogP) is 1.47. The van der Waals surface area contributed by atoms with Gasteiger partial charge in [-0.05, 0) is 6.92 Å². The molecule has 0 saturated heterocycles. The molecule has 0 aliphatic carbocycles. The van der Waals surface area contributed by atoms with Crippen molar-refractivity contribution in [3.63, 3.8) is 0 Å². The van der Waals surface area contributed by atoms with Gasteiger partial charge in [-0.25, -0.2) is 14.5 Å². The molecule has 10 nitrogen and oxygen atoms in total. The highest BCUT2D eigenvalue weighted by Crippen LogP contribution is 2.25. The first-order valence-electron chi connectivity index (χ1n) is 5.98. The first kappa shape index (κ1) is 14.9. The molecule has 0 fully saturated rings. The molecule has 114 valence electrons. The average Bonchev–Trinajstić information content (AvgIpc) is 3.00.